The number of aliphatic hydroxyl groups is 2. The van der Waals surface area contributed by atoms with Crippen LogP contribution in [0.5, 0.6) is 11.6 Å². The summed E-state index contributed by atoms with van der Waals surface area (Å²) in [6, 6.07) is 18.3. The molecule has 0 saturated carbocycles. The number of hydrogen-bond donors (Lipinski definition) is 3. The summed E-state index contributed by atoms with van der Waals surface area (Å²) in [5, 5.41) is 19.8. The van der Waals surface area contributed by atoms with Crippen LogP contribution in [0.15, 0.2) is 60.7 Å². The highest BCUT2D eigenvalue weighted by atomic mass is 19.1. The second kappa shape index (κ2) is 9.67. The first kappa shape index (κ1) is 24.8. The Morgan fingerprint density at radius 3 is 2.34 bits per heavy atom. The highest BCUT2D eigenvalue weighted by molar-refractivity contribution is 5.81. The number of halogens is 1. The lowest BCUT2D eigenvalue weighted by Gasteiger charge is -2.17. The largest absolute Gasteiger partial charge is 0.491 e. The van der Waals surface area contributed by atoms with Crippen molar-refractivity contribution in [3.63, 3.8) is 0 Å². The van der Waals surface area contributed by atoms with Gasteiger partial charge in [-0.1, -0.05) is 36.4 Å². The molecule has 2 aliphatic heterocycles. The molecule has 2 aliphatic rings. The fraction of sp³-hybridized carbons (Fsp3) is 0.345. The lowest BCUT2D eigenvalue weighted by atomic mass is 10.0. The van der Waals surface area contributed by atoms with Gasteiger partial charge < -0.3 is 34.1 Å². The fourth-order valence-corrected chi connectivity index (χ4v) is 4.80. The number of H-pyrrole nitrogens is 1. The number of aliphatic hydroxyl groups excluding tert-OH is 1. The van der Waals surface area contributed by atoms with Crippen LogP contribution in [-0.4, -0.2) is 70.0 Å². The number of aromatic nitrogens is 2. The van der Waals surface area contributed by atoms with E-state index in [0.29, 0.717) is 34.8 Å². The smallest absolute Gasteiger partial charge is 0.193 e. The number of nitrogens with zero attached hydrogens (tertiary/aromatic N) is 1. The van der Waals surface area contributed by atoms with Gasteiger partial charge in [0, 0.05) is 17.7 Å². The summed E-state index contributed by atoms with van der Waals surface area (Å²) in [7, 11) is 0. The van der Waals surface area contributed by atoms with Gasteiger partial charge >= 0.3 is 0 Å². The maximum absolute atomic E-state index is 15.0. The number of nitrogens with one attached hydrogen (secondary N) is 1. The van der Waals surface area contributed by atoms with Crippen LogP contribution < -0.4 is 9.47 Å². The Morgan fingerprint density at radius 2 is 1.63 bits per heavy atom. The second-order valence-electron chi connectivity index (χ2n) is 10.4. The molecule has 2 aromatic carbocycles. The number of pyridine rings is 1. The van der Waals surface area contributed by atoms with Crippen LogP contribution >= 0.6 is 0 Å². The van der Waals surface area contributed by atoms with Crippen molar-refractivity contribution < 1.29 is 33.6 Å². The molecule has 0 aliphatic carbocycles. The van der Waals surface area contributed by atoms with E-state index in [1.807, 2.05) is 48.5 Å². The molecule has 4 heterocycles. The Kier molecular flexibility index (Phi) is 6.31. The minimum Gasteiger partial charge on any atom is -0.491 e. The van der Waals surface area contributed by atoms with E-state index in [-0.39, 0.29) is 37.2 Å². The van der Waals surface area contributed by atoms with Gasteiger partial charge in [0.05, 0.1) is 29.8 Å². The Balaban J connectivity index is 1.17. The standard InChI is InChI=1S/C29H29FN2O6/c1-29(2,34)15-37-19-9-7-17(8-10-19)16-3-5-18(6-4-16)26-20(30)11-21-22(32-26)12-25(31-21)38-24-14-36-27-23(33)13-35-28(24)27/h3-12,23-24,27-28,31,33-34H,13-15H2,1-2H3/t23-,24-,27-,28-/m1/s1. The zero-order chi connectivity index (χ0) is 26.4. The molecule has 0 unspecified atom stereocenters. The molecule has 38 heavy (non-hydrogen) atoms. The summed E-state index contributed by atoms with van der Waals surface area (Å²) in [6.07, 6.45) is -1.76. The first-order valence-corrected chi connectivity index (χ1v) is 12.6. The molecule has 198 valence electrons. The molecular weight excluding hydrogens is 491 g/mol. The van der Waals surface area contributed by atoms with Crippen LogP contribution in [0.4, 0.5) is 4.39 Å². The minimum absolute atomic E-state index is 0.202. The quantitative estimate of drug-likeness (QED) is 0.337. The maximum atomic E-state index is 15.0. The second-order valence-corrected chi connectivity index (χ2v) is 10.4. The average molecular weight is 521 g/mol. The van der Waals surface area contributed by atoms with Crippen LogP contribution in [0.3, 0.4) is 0 Å². The minimum atomic E-state index is -0.903. The Labute approximate surface area is 219 Å². The molecule has 2 saturated heterocycles. The molecule has 4 aromatic rings. The molecule has 9 heteroatoms. The van der Waals surface area contributed by atoms with Gasteiger partial charge in [0.2, 0.25) is 0 Å². The third-order valence-electron chi connectivity index (χ3n) is 6.73. The molecule has 0 amide bonds. The van der Waals surface area contributed by atoms with Crippen molar-refractivity contribution in [2.75, 3.05) is 19.8 Å². The van der Waals surface area contributed by atoms with Gasteiger partial charge in [-0.3, -0.25) is 0 Å². The molecular formula is C29H29FN2O6. The van der Waals surface area contributed by atoms with E-state index >= 15 is 4.39 Å². The number of fused-ring (bicyclic) bond motifs is 2. The molecule has 4 atom stereocenters. The van der Waals surface area contributed by atoms with Gasteiger partial charge in [-0.05, 0) is 37.1 Å². The van der Waals surface area contributed by atoms with Gasteiger partial charge in [0.25, 0.3) is 0 Å². The van der Waals surface area contributed by atoms with Gasteiger partial charge in [0.1, 0.15) is 36.4 Å². The third kappa shape index (κ3) is 4.98. The fourth-order valence-electron chi connectivity index (χ4n) is 4.80. The lowest BCUT2D eigenvalue weighted by Crippen LogP contribution is -2.34. The van der Waals surface area contributed by atoms with E-state index in [4.69, 9.17) is 18.9 Å². The topological polar surface area (TPSA) is 106 Å². The summed E-state index contributed by atoms with van der Waals surface area (Å²) in [4.78, 5) is 7.61. The van der Waals surface area contributed by atoms with E-state index in [2.05, 4.69) is 9.97 Å². The zero-order valence-corrected chi connectivity index (χ0v) is 21.1. The molecule has 2 fully saturated rings. The van der Waals surface area contributed by atoms with Crippen LogP contribution in [0, 0.1) is 5.82 Å². The van der Waals surface area contributed by atoms with Gasteiger partial charge in [-0.25, -0.2) is 9.37 Å². The molecule has 0 spiro atoms. The van der Waals surface area contributed by atoms with E-state index in [0.717, 1.165) is 11.1 Å². The van der Waals surface area contributed by atoms with Crippen molar-refractivity contribution in [3.05, 3.63) is 66.5 Å². The first-order valence-electron chi connectivity index (χ1n) is 12.6. The van der Waals surface area contributed by atoms with Crippen molar-refractivity contribution in [1.29, 1.82) is 0 Å². The van der Waals surface area contributed by atoms with Crippen molar-refractivity contribution in [1.82, 2.24) is 9.97 Å². The number of benzene rings is 2. The lowest BCUT2D eigenvalue weighted by molar-refractivity contribution is 0.00794. The normalized spacial score (nSPS) is 23.1. The van der Waals surface area contributed by atoms with Gasteiger partial charge in [-0.2, -0.15) is 0 Å². The summed E-state index contributed by atoms with van der Waals surface area (Å²) in [5.74, 6) is 0.669. The predicted octanol–water partition coefficient (Wildman–Crippen LogP) is 4.09. The van der Waals surface area contributed by atoms with Gasteiger partial charge in [0.15, 0.2) is 17.8 Å². The van der Waals surface area contributed by atoms with E-state index in [1.54, 1.807) is 19.9 Å². The van der Waals surface area contributed by atoms with Crippen LogP contribution in [0.1, 0.15) is 13.8 Å². The number of hydrogen-bond acceptors (Lipinski definition) is 7. The van der Waals surface area contributed by atoms with Crippen molar-refractivity contribution >= 4 is 11.0 Å². The van der Waals surface area contributed by atoms with Crippen molar-refractivity contribution in [2.24, 2.45) is 0 Å². The van der Waals surface area contributed by atoms with E-state index < -0.39 is 17.5 Å². The Morgan fingerprint density at radius 1 is 0.974 bits per heavy atom. The van der Waals surface area contributed by atoms with Crippen LogP contribution in [0.25, 0.3) is 33.4 Å². The number of ether oxygens (including phenoxy) is 4. The summed E-state index contributed by atoms with van der Waals surface area (Å²) in [5.41, 5.74) is 3.05. The molecule has 8 nitrogen and oxygen atoms in total. The molecule has 0 bridgehead atoms. The van der Waals surface area contributed by atoms with Crippen molar-refractivity contribution in [3.8, 4) is 34.0 Å². The summed E-state index contributed by atoms with van der Waals surface area (Å²) >= 11 is 0. The third-order valence-corrected chi connectivity index (χ3v) is 6.73. The monoisotopic (exact) mass is 520 g/mol. The van der Waals surface area contributed by atoms with E-state index in [9.17, 15) is 10.2 Å². The highest BCUT2D eigenvalue weighted by Crippen LogP contribution is 2.32. The first-order chi connectivity index (χ1) is 18.2. The Hall–Kier alpha value is -3.50. The Bertz CT molecular complexity index is 1430. The molecule has 0 radical (unpaired) electrons. The number of aromatic amines is 1. The van der Waals surface area contributed by atoms with Crippen molar-refractivity contribution in [2.45, 2.75) is 43.9 Å². The maximum Gasteiger partial charge on any atom is 0.193 e. The summed E-state index contributed by atoms with van der Waals surface area (Å²) in [6.45, 7) is 4.11. The molecule has 2 aromatic heterocycles. The van der Waals surface area contributed by atoms with E-state index in [1.165, 1.54) is 6.07 Å². The SMILES string of the molecule is CC(C)(O)COc1ccc(-c2ccc(-c3nc4cc(O[C@@H]5CO[C@H]6[C@@H]5OC[C@H]6O)[nH]c4cc3F)cc2)cc1. The average Bonchev–Trinajstić information content (AvgIpc) is 3.59. The van der Waals surface area contributed by atoms with Crippen LogP contribution in [0.2, 0.25) is 0 Å². The number of rotatable bonds is 7. The molecule has 3 N–H and O–H groups in total. The molecule has 6 rings (SSSR count). The van der Waals surface area contributed by atoms with Gasteiger partial charge in [-0.15, -0.1) is 0 Å². The predicted molar refractivity (Wildman–Crippen MR) is 139 cm³/mol. The summed E-state index contributed by atoms with van der Waals surface area (Å²) < 4.78 is 37.9. The zero-order valence-electron chi connectivity index (χ0n) is 21.1. The van der Waals surface area contributed by atoms with Crippen LogP contribution in [-0.2, 0) is 9.47 Å². The highest BCUT2D eigenvalue weighted by Gasteiger charge is 2.48.